The lowest BCUT2D eigenvalue weighted by Gasteiger charge is -2.09. The lowest BCUT2D eigenvalue weighted by molar-refractivity contribution is 0.0950. The summed E-state index contributed by atoms with van der Waals surface area (Å²) in [4.78, 5) is 22.3. The van der Waals surface area contributed by atoms with Gasteiger partial charge in [0.25, 0.3) is 5.91 Å². The second-order valence-electron chi connectivity index (χ2n) is 7.13. The molecule has 1 heterocycles. The van der Waals surface area contributed by atoms with E-state index >= 15 is 0 Å². The number of nitrogens with one attached hydrogen (secondary N) is 1. The minimum atomic E-state index is -0.170. The van der Waals surface area contributed by atoms with E-state index in [1.54, 1.807) is 49.2 Å². The van der Waals surface area contributed by atoms with Crippen molar-refractivity contribution in [2.75, 3.05) is 13.4 Å². The van der Waals surface area contributed by atoms with Crippen LogP contribution in [0.1, 0.15) is 15.9 Å². The first-order valence-electron chi connectivity index (χ1n) is 10.3. The number of hydrogen-bond acceptors (Lipinski definition) is 6. The Kier molecular flexibility index (Phi) is 7.22. The number of thioether (sulfide) groups is 1. The Morgan fingerprint density at radius 1 is 0.939 bits per heavy atom. The fraction of sp³-hybridized carbons (Fsp3) is 0.115. The van der Waals surface area contributed by atoms with Crippen LogP contribution in [0.15, 0.2) is 90.1 Å². The molecule has 4 aromatic rings. The second kappa shape index (κ2) is 10.7. The van der Waals surface area contributed by atoms with Crippen molar-refractivity contribution in [1.82, 2.24) is 15.3 Å². The number of carbonyl (C=O) groups is 1. The van der Waals surface area contributed by atoms with Crippen LogP contribution in [0.4, 0.5) is 0 Å². The smallest absolute Gasteiger partial charge is 0.251 e. The topological polar surface area (TPSA) is 73.3 Å². The zero-order valence-corrected chi connectivity index (χ0v) is 19.1. The van der Waals surface area contributed by atoms with Crippen LogP contribution in [0.5, 0.6) is 17.4 Å². The molecule has 166 valence electrons. The van der Waals surface area contributed by atoms with E-state index in [1.807, 2.05) is 54.8 Å². The first-order valence-corrected chi connectivity index (χ1v) is 11.5. The molecule has 33 heavy (non-hydrogen) atoms. The monoisotopic (exact) mass is 457 g/mol. The molecular formula is C26H23N3O3S. The molecule has 0 bridgehead atoms. The average molecular weight is 458 g/mol. The summed E-state index contributed by atoms with van der Waals surface area (Å²) >= 11 is 1.69. The van der Waals surface area contributed by atoms with E-state index < -0.39 is 0 Å². The summed E-state index contributed by atoms with van der Waals surface area (Å²) in [5.74, 6) is 1.51. The number of hydrogen-bond donors (Lipinski definition) is 1. The summed E-state index contributed by atoms with van der Waals surface area (Å²) in [6.07, 6.45) is 3.49. The van der Waals surface area contributed by atoms with Gasteiger partial charge in [-0.25, -0.2) is 9.97 Å². The summed E-state index contributed by atoms with van der Waals surface area (Å²) in [7, 11) is 1.63. The van der Waals surface area contributed by atoms with E-state index in [0.717, 1.165) is 22.6 Å². The lowest BCUT2D eigenvalue weighted by Crippen LogP contribution is -2.22. The van der Waals surface area contributed by atoms with Crippen LogP contribution in [0.3, 0.4) is 0 Å². The molecule has 0 radical (unpaired) electrons. The Labute approximate surface area is 197 Å². The first-order chi connectivity index (χ1) is 16.1. The molecule has 0 saturated carbocycles. The van der Waals surface area contributed by atoms with Gasteiger partial charge in [0, 0.05) is 28.6 Å². The van der Waals surface area contributed by atoms with Gasteiger partial charge in [-0.05, 0) is 66.4 Å². The van der Waals surface area contributed by atoms with E-state index in [0.29, 0.717) is 23.7 Å². The van der Waals surface area contributed by atoms with Gasteiger partial charge in [0.2, 0.25) is 5.88 Å². The van der Waals surface area contributed by atoms with Crippen molar-refractivity contribution < 1.29 is 14.3 Å². The van der Waals surface area contributed by atoms with Gasteiger partial charge in [-0.15, -0.1) is 11.8 Å². The van der Waals surface area contributed by atoms with Crippen molar-refractivity contribution in [3.05, 3.63) is 96.3 Å². The maximum absolute atomic E-state index is 12.6. The fourth-order valence-corrected chi connectivity index (χ4v) is 3.57. The zero-order valence-electron chi connectivity index (χ0n) is 18.3. The molecule has 1 aromatic heterocycles. The summed E-state index contributed by atoms with van der Waals surface area (Å²) in [5, 5.41) is 2.95. The zero-order chi connectivity index (χ0) is 23.0. The Balaban J connectivity index is 1.42. The molecule has 0 spiro atoms. The van der Waals surface area contributed by atoms with Crippen molar-refractivity contribution in [2.45, 2.75) is 11.4 Å². The average Bonchev–Trinajstić information content (AvgIpc) is 2.88. The van der Waals surface area contributed by atoms with E-state index in [9.17, 15) is 4.79 Å². The van der Waals surface area contributed by atoms with Gasteiger partial charge >= 0.3 is 0 Å². The third-order valence-corrected chi connectivity index (χ3v) is 5.70. The molecule has 0 aliphatic heterocycles. The summed E-state index contributed by atoms with van der Waals surface area (Å²) in [6.45, 7) is 0.454. The van der Waals surface area contributed by atoms with Crippen LogP contribution in [0.2, 0.25) is 0 Å². The molecule has 0 unspecified atom stereocenters. The maximum Gasteiger partial charge on any atom is 0.251 e. The third-order valence-electron chi connectivity index (χ3n) is 4.96. The first kappa shape index (κ1) is 22.4. The highest BCUT2D eigenvalue weighted by molar-refractivity contribution is 7.98. The van der Waals surface area contributed by atoms with Crippen LogP contribution < -0.4 is 14.8 Å². The second-order valence-corrected chi connectivity index (χ2v) is 8.01. The Morgan fingerprint density at radius 3 is 2.45 bits per heavy atom. The van der Waals surface area contributed by atoms with Gasteiger partial charge in [-0.3, -0.25) is 4.79 Å². The summed E-state index contributed by atoms with van der Waals surface area (Å²) in [6, 6.07) is 24.5. The van der Waals surface area contributed by atoms with Crippen LogP contribution in [0.25, 0.3) is 11.3 Å². The Bertz CT molecular complexity index is 1230. The molecule has 6 nitrogen and oxygen atoms in total. The largest absolute Gasteiger partial charge is 0.497 e. The lowest BCUT2D eigenvalue weighted by atomic mass is 10.1. The predicted octanol–water partition coefficient (Wildman–Crippen LogP) is 5.60. The molecule has 0 saturated heterocycles. The van der Waals surface area contributed by atoms with E-state index in [2.05, 4.69) is 15.3 Å². The Morgan fingerprint density at radius 2 is 1.73 bits per heavy atom. The molecule has 0 atom stereocenters. The number of rotatable bonds is 8. The quantitative estimate of drug-likeness (QED) is 0.347. The van der Waals surface area contributed by atoms with Crippen molar-refractivity contribution in [3.63, 3.8) is 0 Å². The SMILES string of the molecule is COc1ccc(-c2cc(Oc3cccc(C(=O)NCc4ccc(SC)cc4)c3)ncn2)cc1. The minimum absolute atomic E-state index is 0.170. The third kappa shape index (κ3) is 5.90. The molecule has 3 aromatic carbocycles. The van der Waals surface area contributed by atoms with E-state index in [4.69, 9.17) is 9.47 Å². The van der Waals surface area contributed by atoms with Gasteiger partial charge < -0.3 is 14.8 Å². The molecule has 0 aliphatic rings. The maximum atomic E-state index is 12.6. The molecule has 0 aliphatic carbocycles. The molecule has 0 fully saturated rings. The standard InChI is InChI=1S/C26H23N3O3S/c1-31-21-10-8-19(9-11-21)24-15-25(29-17-28-24)32-22-5-3-4-20(14-22)26(30)27-16-18-6-12-23(33-2)13-7-18/h3-15,17H,16H2,1-2H3,(H,27,30). The molecule has 7 heteroatoms. The van der Waals surface area contributed by atoms with Crippen molar-refractivity contribution in [2.24, 2.45) is 0 Å². The molecule has 4 rings (SSSR count). The normalized spacial score (nSPS) is 10.5. The predicted molar refractivity (Wildman–Crippen MR) is 130 cm³/mol. The van der Waals surface area contributed by atoms with Crippen molar-refractivity contribution >= 4 is 17.7 Å². The number of benzene rings is 3. The molecule has 1 amide bonds. The number of amides is 1. The highest BCUT2D eigenvalue weighted by atomic mass is 32.2. The van der Waals surface area contributed by atoms with Gasteiger partial charge in [0.15, 0.2) is 0 Å². The van der Waals surface area contributed by atoms with Crippen LogP contribution in [-0.4, -0.2) is 29.2 Å². The summed E-state index contributed by atoms with van der Waals surface area (Å²) < 4.78 is 11.1. The number of methoxy groups -OCH3 is 1. The van der Waals surface area contributed by atoms with Crippen molar-refractivity contribution in [3.8, 4) is 28.6 Å². The number of nitrogens with zero attached hydrogens (tertiary/aromatic N) is 2. The molecular weight excluding hydrogens is 434 g/mol. The highest BCUT2D eigenvalue weighted by Crippen LogP contribution is 2.26. The highest BCUT2D eigenvalue weighted by Gasteiger charge is 2.09. The van der Waals surface area contributed by atoms with E-state index in [-0.39, 0.29) is 5.91 Å². The van der Waals surface area contributed by atoms with Crippen LogP contribution in [0, 0.1) is 0 Å². The fourth-order valence-electron chi connectivity index (χ4n) is 3.16. The van der Waals surface area contributed by atoms with Gasteiger partial charge in [0.1, 0.15) is 17.8 Å². The minimum Gasteiger partial charge on any atom is -0.497 e. The summed E-state index contributed by atoms with van der Waals surface area (Å²) in [5.41, 5.74) is 3.20. The van der Waals surface area contributed by atoms with Gasteiger partial charge in [0.05, 0.1) is 12.8 Å². The van der Waals surface area contributed by atoms with Crippen LogP contribution >= 0.6 is 11.8 Å². The van der Waals surface area contributed by atoms with Gasteiger partial charge in [-0.1, -0.05) is 18.2 Å². The molecule has 1 N–H and O–H groups in total. The van der Waals surface area contributed by atoms with E-state index in [1.165, 1.54) is 11.2 Å². The van der Waals surface area contributed by atoms with Crippen LogP contribution in [-0.2, 0) is 6.54 Å². The van der Waals surface area contributed by atoms with Crippen molar-refractivity contribution in [1.29, 1.82) is 0 Å². The number of carbonyl (C=O) groups excluding carboxylic acids is 1. The Hall–Kier alpha value is -3.84. The number of ether oxygens (including phenoxy) is 2. The number of aromatic nitrogens is 2. The van der Waals surface area contributed by atoms with Gasteiger partial charge in [-0.2, -0.15) is 0 Å².